The second-order valence-corrected chi connectivity index (χ2v) is 7.57. The van der Waals surface area contributed by atoms with Gasteiger partial charge in [0.2, 0.25) is 17.7 Å². The van der Waals surface area contributed by atoms with Gasteiger partial charge in [0, 0.05) is 0 Å². The van der Waals surface area contributed by atoms with Crippen LogP contribution >= 0.6 is 0 Å². The Bertz CT molecular complexity index is 720. The van der Waals surface area contributed by atoms with E-state index in [1.54, 1.807) is 0 Å². The molecule has 0 radical (unpaired) electrons. The first kappa shape index (κ1) is 22.9. The second kappa shape index (κ2) is 7.85. The highest BCUT2D eigenvalue weighted by molar-refractivity contribution is 6.03. The number of hydrazine groups is 2. The SMILES string of the molecule is CC(C)(C)OC(=O)C(C(=O)OC(C)(C)C)(c1nc(NN)nc(NN)n1)[N+](=O)[O-]. The molecule has 0 saturated heterocycles. The number of nitrogens with one attached hydrogen (secondary N) is 2. The highest BCUT2D eigenvalue weighted by Crippen LogP contribution is 2.31. The lowest BCUT2D eigenvalue weighted by Gasteiger charge is -2.28. The van der Waals surface area contributed by atoms with Gasteiger partial charge in [-0.2, -0.15) is 15.0 Å². The van der Waals surface area contributed by atoms with E-state index in [1.807, 2.05) is 10.9 Å². The Balaban J connectivity index is 3.82. The minimum Gasteiger partial charge on any atom is -0.454 e. The van der Waals surface area contributed by atoms with Gasteiger partial charge in [0.1, 0.15) is 11.2 Å². The number of aromatic nitrogens is 3. The number of hydrogen-bond donors (Lipinski definition) is 4. The van der Waals surface area contributed by atoms with Crippen LogP contribution in [0.4, 0.5) is 11.9 Å². The molecule has 1 rings (SSSR count). The first-order chi connectivity index (χ1) is 12.7. The van der Waals surface area contributed by atoms with Crippen LogP contribution in [0, 0.1) is 10.1 Å². The van der Waals surface area contributed by atoms with Crippen LogP contribution in [0.3, 0.4) is 0 Å². The smallest absolute Gasteiger partial charge is 0.454 e. The van der Waals surface area contributed by atoms with Crippen LogP contribution in [0.2, 0.25) is 0 Å². The molecule has 0 fully saturated rings. The van der Waals surface area contributed by atoms with Crippen LogP contribution < -0.4 is 22.5 Å². The normalized spacial score (nSPS) is 12.1. The molecule has 0 aliphatic carbocycles. The number of esters is 2. The Morgan fingerprint density at radius 2 is 1.25 bits per heavy atom. The van der Waals surface area contributed by atoms with Crippen LogP contribution in [0.15, 0.2) is 0 Å². The minimum absolute atomic E-state index is 0.392. The number of rotatable bonds is 6. The van der Waals surface area contributed by atoms with E-state index in [1.165, 1.54) is 41.5 Å². The molecule has 156 valence electrons. The lowest BCUT2D eigenvalue weighted by molar-refractivity contribution is -0.552. The summed E-state index contributed by atoms with van der Waals surface area (Å²) in [5.41, 5.74) is -1.50. The summed E-state index contributed by atoms with van der Waals surface area (Å²) in [6.07, 6.45) is 0. The van der Waals surface area contributed by atoms with Crippen LogP contribution in [0.5, 0.6) is 0 Å². The fourth-order valence-electron chi connectivity index (χ4n) is 1.87. The predicted molar refractivity (Wildman–Crippen MR) is 95.8 cm³/mol. The average molecular weight is 400 g/mol. The van der Waals surface area contributed by atoms with Crippen molar-refractivity contribution in [1.29, 1.82) is 0 Å². The third-order valence-corrected chi connectivity index (χ3v) is 2.88. The molecule has 1 aromatic heterocycles. The number of nitrogens with zero attached hydrogens (tertiary/aromatic N) is 4. The Morgan fingerprint density at radius 1 is 0.893 bits per heavy atom. The number of nitro groups is 1. The van der Waals surface area contributed by atoms with E-state index < -0.39 is 51.3 Å². The maximum atomic E-state index is 12.9. The van der Waals surface area contributed by atoms with E-state index in [0.717, 1.165) is 0 Å². The molecule has 0 saturated carbocycles. The molecule has 0 unspecified atom stereocenters. The Labute approximate surface area is 160 Å². The van der Waals surface area contributed by atoms with Crippen molar-refractivity contribution in [2.24, 2.45) is 11.7 Å². The van der Waals surface area contributed by atoms with Crippen molar-refractivity contribution in [1.82, 2.24) is 15.0 Å². The molecular formula is C14H24N8O6. The second-order valence-electron chi connectivity index (χ2n) is 7.57. The van der Waals surface area contributed by atoms with E-state index in [9.17, 15) is 19.7 Å². The molecule has 0 atom stereocenters. The van der Waals surface area contributed by atoms with Gasteiger partial charge in [0.15, 0.2) is 0 Å². The standard InChI is InChI=1S/C14H24N8O6/c1-12(2,3)27-8(23)14(22(25)26,9(24)28-13(4,5)6)7-17-10(20-15)19-11(18-7)21-16/h15-16H2,1-6H3,(H2,17,18,19,20,21). The monoisotopic (exact) mass is 400 g/mol. The molecule has 28 heavy (non-hydrogen) atoms. The van der Waals surface area contributed by atoms with Gasteiger partial charge in [-0.15, -0.1) is 0 Å². The topological polar surface area (TPSA) is 211 Å². The van der Waals surface area contributed by atoms with E-state index in [-0.39, 0.29) is 0 Å². The molecule has 14 nitrogen and oxygen atoms in total. The minimum atomic E-state index is -3.25. The van der Waals surface area contributed by atoms with Crippen molar-refractivity contribution in [3.05, 3.63) is 15.9 Å². The molecule has 0 aromatic carbocycles. The summed E-state index contributed by atoms with van der Waals surface area (Å²) in [5, 5.41) is 12.1. The largest absolute Gasteiger partial charge is 0.468 e. The number of ether oxygens (including phenoxy) is 2. The summed E-state index contributed by atoms with van der Waals surface area (Å²) in [7, 11) is 0. The van der Waals surface area contributed by atoms with Crippen LogP contribution in [-0.2, 0) is 24.6 Å². The predicted octanol–water partition coefficient (Wildman–Crippen LogP) is -0.402. The van der Waals surface area contributed by atoms with Crippen molar-refractivity contribution in [3.63, 3.8) is 0 Å². The van der Waals surface area contributed by atoms with Crippen molar-refractivity contribution >= 4 is 23.8 Å². The van der Waals surface area contributed by atoms with Gasteiger partial charge in [-0.3, -0.25) is 21.0 Å². The zero-order valence-electron chi connectivity index (χ0n) is 16.4. The van der Waals surface area contributed by atoms with Crippen molar-refractivity contribution in [3.8, 4) is 0 Å². The van der Waals surface area contributed by atoms with E-state index >= 15 is 0 Å². The number of nitrogen functional groups attached to an aromatic ring is 2. The molecule has 0 aliphatic heterocycles. The van der Waals surface area contributed by atoms with Gasteiger partial charge in [-0.05, 0) is 41.5 Å². The lowest BCUT2D eigenvalue weighted by Crippen LogP contribution is -2.56. The molecule has 1 aromatic rings. The number of carbonyl (C=O) groups excluding carboxylic acids is 2. The fraction of sp³-hybridized carbons (Fsp3) is 0.643. The van der Waals surface area contributed by atoms with Crippen molar-refractivity contribution in [2.75, 3.05) is 10.9 Å². The first-order valence-corrected chi connectivity index (χ1v) is 7.98. The number of nitrogens with two attached hydrogens (primary N) is 2. The molecule has 0 aliphatic rings. The van der Waals surface area contributed by atoms with Gasteiger partial charge in [0.05, 0.1) is 4.92 Å². The molecule has 14 heteroatoms. The number of carbonyl (C=O) groups is 2. The molecule has 0 bridgehead atoms. The quantitative estimate of drug-likeness (QED) is 0.157. The summed E-state index contributed by atoms with van der Waals surface area (Å²) in [6, 6.07) is 0. The lowest BCUT2D eigenvalue weighted by atomic mass is 9.98. The number of anilines is 2. The first-order valence-electron chi connectivity index (χ1n) is 7.98. The van der Waals surface area contributed by atoms with E-state index in [4.69, 9.17) is 21.2 Å². The molecule has 0 spiro atoms. The average Bonchev–Trinajstić information content (AvgIpc) is 2.51. The maximum absolute atomic E-state index is 12.9. The van der Waals surface area contributed by atoms with Gasteiger partial charge in [-0.25, -0.2) is 21.3 Å². The highest BCUT2D eigenvalue weighted by Gasteiger charge is 2.68. The molecule has 6 N–H and O–H groups in total. The van der Waals surface area contributed by atoms with Crippen molar-refractivity contribution < 1.29 is 24.0 Å². The Hall–Kier alpha value is -3.13. The summed E-state index contributed by atoms with van der Waals surface area (Å²) < 4.78 is 10.2. The van der Waals surface area contributed by atoms with Crippen molar-refractivity contribution in [2.45, 2.75) is 58.3 Å². The molecule has 0 amide bonds. The van der Waals surface area contributed by atoms with Crippen LogP contribution in [0.25, 0.3) is 0 Å². The van der Waals surface area contributed by atoms with Gasteiger partial charge in [-0.1, -0.05) is 0 Å². The zero-order chi connectivity index (χ0) is 21.9. The maximum Gasteiger partial charge on any atom is 0.468 e. The Morgan fingerprint density at radius 3 is 1.50 bits per heavy atom. The Kier molecular flexibility index (Phi) is 6.43. The zero-order valence-corrected chi connectivity index (χ0v) is 16.4. The van der Waals surface area contributed by atoms with Gasteiger partial charge in [0.25, 0.3) is 0 Å². The van der Waals surface area contributed by atoms with E-state index in [2.05, 4.69) is 15.0 Å². The third-order valence-electron chi connectivity index (χ3n) is 2.88. The van der Waals surface area contributed by atoms with E-state index in [0.29, 0.717) is 0 Å². The summed E-state index contributed by atoms with van der Waals surface area (Å²) in [6.45, 7) is 8.82. The van der Waals surface area contributed by atoms with Crippen LogP contribution in [-0.4, -0.2) is 43.0 Å². The van der Waals surface area contributed by atoms with Gasteiger partial charge >= 0.3 is 17.5 Å². The molecular weight excluding hydrogens is 376 g/mol. The van der Waals surface area contributed by atoms with Gasteiger partial charge < -0.3 is 9.47 Å². The summed E-state index contributed by atoms with van der Waals surface area (Å²) in [5.74, 6) is 5.72. The summed E-state index contributed by atoms with van der Waals surface area (Å²) >= 11 is 0. The number of hydrogen-bond acceptors (Lipinski definition) is 13. The van der Waals surface area contributed by atoms with Crippen LogP contribution in [0.1, 0.15) is 47.4 Å². The highest BCUT2D eigenvalue weighted by atomic mass is 16.7. The molecule has 1 heterocycles. The third kappa shape index (κ3) is 4.98. The fourth-order valence-corrected chi connectivity index (χ4v) is 1.87. The summed E-state index contributed by atoms with van der Waals surface area (Å²) in [4.78, 5) is 47.7.